The van der Waals surface area contributed by atoms with Gasteiger partial charge in [-0.25, -0.2) is 14.4 Å². The van der Waals surface area contributed by atoms with E-state index in [0.717, 1.165) is 52.8 Å². The topological polar surface area (TPSA) is 90.3 Å². The molecule has 5 aromatic rings. The first kappa shape index (κ1) is 30.6. The second kappa shape index (κ2) is 12.9. The number of rotatable bonds is 9. The Morgan fingerprint density at radius 1 is 1.09 bits per heavy atom. The molecule has 6 rings (SSSR count). The molecular formula is C35H35ClFN5O3. The SMILES string of the molecule is CC(C)(C)C(=O)OC1C[C@H](Cn2ccc(-c3ccc4ncnc(Nc5ccc(OCc6cccc(F)c6)c(Cl)c5)c4c3)c2)CN1. The number of carbonyl (C=O) groups excluding carboxylic acids is 1. The van der Waals surface area contributed by atoms with Crippen LogP contribution in [0.3, 0.4) is 0 Å². The molecule has 2 aromatic heterocycles. The third kappa shape index (κ3) is 7.44. The molecule has 0 spiro atoms. The highest BCUT2D eigenvalue weighted by Gasteiger charge is 2.31. The van der Waals surface area contributed by atoms with Crippen molar-refractivity contribution in [2.45, 2.75) is 46.6 Å². The molecule has 3 aromatic carbocycles. The van der Waals surface area contributed by atoms with Crippen LogP contribution >= 0.6 is 11.6 Å². The highest BCUT2D eigenvalue weighted by atomic mass is 35.5. The summed E-state index contributed by atoms with van der Waals surface area (Å²) in [6, 6.07) is 19.9. The Morgan fingerprint density at radius 3 is 2.76 bits per heavy atom. The summed E-state index contributed by atoms with van der Waals surface area (Å²) < 4.78 is 27.1. The number of benzene rings is 3. The fraction of sp³-hybridized carbons (Fsp3) is 0.286. The van der Waals surface area contributed by atoms with Crippen molar-refractivity contribution >= 4 is 40.0 Å². The molecule has 1 aliphatic rings. The summed E-state index contributed by atoms with van der Waals surface area (Å²) in [6.45, 7) is 7.41. The average molecular weight is 628 g/mol. The minimum Gasteiger partial charge on any atom is -0.487 e. The summed E-state index contributed by atoms with van der Waals surface area (Å²) in [5.74, 6) is 1.01. The van der Waals surface area contributed by atoms with Gasteiger partial charge < -0.3 is 19.4 Å². The monoisotopic (exact) mass is 627 g/mol. The van der Waals surface area contributed by atoms with Gasteiger partial charge in [0, 0.05) is 43.0 Å². The first-order chi connectivity index (χ1) is 21.6. The number of esters is 1. The molecule has 10 heteroatoms. The van der Waals surface area contributed by atoms with Gasteiger partial charge in [-0.1, -0.05) is 29.8 Å². The summed E-state index contributed by atoms with van der Waals surface area (Å²) in [4.78, 5) is 21.2. The lowest BCUT2D eigenvalue weighted by Gasteiger charge is -2.20. The molecule has 0 radical (unpaired) electrons. The fourth-order valence-electron chi connectivity index (χ4n) is 5.28. The quantitative estimate of drug-likeness (QED) is 0.162. The minimum atomic E-state index is -0.519. The smallest absolute Gasteiger partial charge is 0.312 e. The van der Waals surface area contributed by atoms with Gasteiger partial charge >= 0.3 is 5.97 Å². The Balaban J connectivity index is 1.12. The second-order valence-corrected chi connectivity index (χ2v) is 12.8. The molecule has 8 nitrogen and oxygen atoms in total. The molecule has 3 heterocycles. The number of fused-ring (bicyclic) bond motifs is 1. The lowest BCUT2D eigenvalue weighted by Crippen LogP contribution is -2.33. The van der Waals surface area contributed by atoms with Crippen LogP contribution in [-0.4, -0.2) is 33.3 Å². The van der Waals surface area contributed by atoms with Gasteiger partial charge in [0.05, 0.1) is 16.0 Å². The van der Waals surface area contributed by atoms with Gasteiger partial charge in [-0.05, 0) is 91.9 Å². The Hall–Kier alpha value is -4.47. The molecule has 1 unspecified atom stereocenters. The predicted molar refractivity (Wildman–Crippen MR) is 174 cm³/mol. The van der Waals surface area contributed by atoms with E-state index in [1.807, 2.05) is 32.9 Å². The Morgan fingerprint density at radius 2 is 1.96 bits per heavy atom. The second-order valence-electron chi connectivity index (χ2n) is 12.4. The Labute approximate surface area is 266 Å². The third-order valence-electron chi connectivity index (χ3n) is 7.71. The minimum absolute atomic E-state index is 0.190. The number of anilines is 2. The van der Waals surface area contributed by atoms with Crippen LogP contribution in [0.2, 0.25) is 5.02 Å². The summed E-state index contributed by atoms with van der Waals surface area (Å²) in [5, 5.41) is 7.99. The number of nitrogens with one attached hydrogen (secondary N) is 2. The molecule has 45 heavy (non-hydrogen) atoms. The van der Waals surface area contributed by atoms with E-state index in [2.05, 4.69) is 55.8 Å². The van der Waals surface area contributed by atoms with E-state index in [-0.39, 0.29) is 24.6 Å². The van der Waals surface area contributed by atoms with E-state index in [1.54, 1.807) is 24.3 Å². The van der Waals surface area contributed by atoms with Crippen LogP contribution in [0.15, 0.2) is 85.5 Å². The standard InChI is InChI=1S/C35H35ClFN5O3/c1-35(2,3)34(43)45-32-14-23(17-38-32)18-42-12-11-25(19-42)24-7-9-30-28(15-24)33(40-21-39-30)41-27-8-10-31(29(36)16-27)44-20-22-5-4-6-26(37)13-22/h4-13,15-16,19,21,23,32,38H,14,17-18,20H2,1-3H3,(H,39,40,41)/t23-,32?/m0/s1. The van der Waals surface area contributed by atoms with Gasteiger partial charge in [-0.15, -0.1) is 0 Å². The summed E-state index contributed by atoms with van der Waals surface area (Å²) in [6.07, 6.45) is 6.27. The number of hydrogen-bond donors (Lipinski definition) is 2. The number of aromatic nitrogens is 3. The van der Waals surface area contributed by atoms with Gasteiger partial charge in [0.25, 0.3) is 0 Å². The van der Waals surface area contributed by atoms with E-state index in [1.165, 1.54) is 18.5 Å². The van der Waals surface area contributed by atoms with Gasteiger partial charge in [-0.2, -0.15) is 0 Å². The summed E-state index contributed by atoms with van der Waals surface area (Å²) in [5.41, 5.74) is 3.87. The van der Waals surface area contributed by atoms with Crippen molar-refractivity contribution in [3.8, 4) is 16.9 Å². The van der Waals surface area contributed by atoms with Crippen LogP contribution in [0.5, 0.6) is 5.75 Å². The lowest BCUT2D eigenvalue weighted by molar-refractivity contribution is -0.159. The first-order valence-electron chi connectivity index (χ1n) is 14.9. The van der Waals surface area contributed by atoms with Crippen LogP contribution in [0.4, 0.5) is 15.9 Å². The summed E-state index contributed by atoms with van der Waals surface area (Å²) >= 11 is 6.53. The number of hydrogen-bond acceptors (Lipinski definition) is 7. The van der Waals surface area contributed by atoms with Crippen LogP contribution in [0, 0.1) is 17.2 Å². The van der Waals surface area contributed by atoms with E-state index in [4.69, 9.17) is 21.1 Å². The van der Waals surface area contributed by atoms with Crippen molar-refractivity contribution in [3.05, 3.63) is 102 Å². The average Bonchev–Trinajstić information content (AvgIpc) is 3.66. The van der Waals surface area contributed by atoms with Gasteiger partial charge in [0.2, 0.25) is 0 Å². The van der Waals surface area contributed by atoms with Gasteiger partial charge in [0.15, 0.2) is 6.23 Å². The lowest BCUT2D eigenvalue weighted by atomic mass is 9.97. The normalized spacial score (nSPS) is 16.6. The molecule has 0 bridgehead atoms. The van der Waals surface area contributed by atoms with Crippen molar-refractivity contribution < 1.29 is 18.7 Å². The Kier molecular flexibility index (Phi) is 8.74. The molecular weight excluding hydrogens is 593 g/mol. The summed E-state index contributed by atoms with van der Waals surface area (Å²) in [7, 11) is 0. The van der Waals surface area contributed by atoms with Crippen LogP contribution in [0.1, 0.15) is 32.8 Å². The molecule has 0 aliphatic carbocycles. The zero-order valence-electron chi connectivity index (χ0n) is 25.4. The van der Waals surface area contributed by atoms with E-state index in [0.29, 0.717) is 22.5 Å². The zero-order valence-corrected chi connectivity index (χ0v) is 26.1. The molecule has 0 amide bonds. The number of carbonyl (C=O) groups is 1. The fourth-order valence-corrected chi connectivity index (χ4v) is 5.52. The molecule has 1 fully saturated rings. The van der Waals surface area contributed by atoms with E-state index in [9.17, 15) is 9.18 Å². The maximum Gasteiger partial charge on any atom is 0.312 e. The number of halogens is 2. The highest BCUT2D eigenvalue weighted by molar-refractivity contribution is 6.32. The van der Waals surface area contributed by atoms with Crippen molar-refractivity contribution in [1.82, 2.24) is 19.9 Å². The van der Waals surface area contributed by atoms with E-state index < -0.39 is 5.41 Å². The predicted octanol–water partition coefficient (Wildman–Crippen LogP) is 7.74. The van der Waals surface area contributed by atoms with Crippen LogP contribution in [-0.2, 0) is 22.7 Å². The van der Waals surface area contributed by atoms with Gasteiger partial charge in [-0.3, -0.25) is 10.1 Å². The van der Waals surface area contributed by atoms with Crippen molar-refractivity contribution in [3.63, 3.8) is 0 Å². The van der Waals surface area contributed by atoms with E-state index >= 15 is 0 Å². The first-order valence-corrected chi connectivity index (χ1v) is 15.3. The van der Waals surface area contributed by atoms with Crippen molar-refractivity contribution in [1.29, 1.82) is 0 Å². The van der Waals surface area contributed by atoms with Crippen LogP contribution < -0.4 is 15.4 Å². The molecule has 1 saturated heterocycles. The third-order valence-corrected chi connectivity index (χ3v) is 8.00. The van der Waals surface area contributed by atoms with Crippen LogP contribution in [0.25, 0.3) is 22.0 Å². The Bertz CT molecular complexity index is 1840. The number of ether oxygens (including phenoxy) is 2. The maximum absolute atomic E-state index is 13.5. The highest BCUT2D eigenvalue weighted by Crippen LogP contribution is 2.33. The largest absolute Gasteiger partial charge is 0.487 e. The molecule has 2 N–H and O–H groups in total. The molecule has 2 atom stereocenters. The van der Waals surface area contributed by atoms with Gasteiger partial charge in [0.1, 0.15) is 30.3 Å². The maximum atomic E-state index is 13.5. The molecule has 232 valence electrons. The molecule has 0 saturated carbocycles. The number of nitrogens with zero attached hydrogens (tertiary/aromatic N) is 3. The zero-order chi connectivity index (χ0) is 31.6. The molecule has 1 aliphatic heterocycles. The van der Waals surface area contributed by atoms with Crippen molar-refractivity contribution in [2.24, 2.45) is 11.3 Å². The van der Waals surface area contributed by atoms with Crippen molar-refractivity contribution in [2.75, 3.05) is 11.9 Å².